The first kappa shape index (κ1) is 7.70. The summed E-state index contributed by atoms with van der Waals surface area (Å²) >= 11 is 5.35. The van der Waals surface area contributed by atoms with E-state index in [1.54, 1.807) is 0 Å². The summed E-state index contributed by atoms with van der Waals surface area (Å²) in [5.41, 5.74) is 0. The molecule has 1 rings (SSSR count). The van der Waals surface area contributed by atoms with E-state index in [0.717, 1.165) is 0 Å². The highest BCUT2D eigenvalue weighted by atomic mass is 35.5. The van der Waals surface area contributed by atoms with Gasteiger partial charge in [0, 0.05) is 5.88 Å². The van der Waals surface area contributed by atoms with Crippen molar-refractivity contribution >= 4 is 20.2 Å². The molecule has 1 fully saturated rings. The molecule has 0 amide bonds. The Bertz CT molecular complexity index is 76.2. The van der Waals surface area contributed by atoms with Crippen molar-refractivity contribution in [3.05, 3.63) is 0 Å². The molecule has 0 radical (unpaired) electrons. The zero-order valence-corrected chi connectivity index (χ0v) is 6.53. The van der Waals surface area contributed by atoms with Crippen LogP contribution < -0.4 is 0 Å². The lowest BCUT2D eigenvalue weighted by Gasteiger charge is -2.04. The summed E-state index contributed by atoms with van der Waals surface area (Å²) in [6.07, 6.45) is 0. The van der Waals surface area contributed by atoms with E-state index in [-0.39, 0.29) is 0 Å². The Morgan fingerprint density at radius 3 is 2.67 bits per heavy atom. The summed E-state index contributed by atoms with van der Waals surface area (Å²) in [6.45, 7) is 1.80. The van der Waals surface area contributed by atoms with Crippen LogP contribution in [0.25, 0.3) is 0 Å². The molecule has 0 aliphatic carbocycles. The smallest absolute Gasteiger partial charge is 0.311 e. The second kappa shape index (κ2) is 4.42. The van der Waals surface area contributed by atoms with Gasteiger partial charge in [-0.3, -0.25) is 0 Å². The maximum absolute atomic E-state index is 5.35. The molecule has 0 atom stereocenters. The number of hydrogen-bond acceptors (Lipinski definition) is 3. The van der Waals surface area contributed by atoms with Gasteiger partial charge in [0.25, 0.3) is 0 Å². The van der Waals surface area contributed by atoms with Gasteiger partial charge in [0.1, 0.15) is 0 Å². The van der Waals surface area contributed by atoms with E-state index in [9.17, 15) is 0 Å². The van der Waals surface area contributed by atoms with Gasteiger partial charge in [-0.2, -0.15) is 0 Å². The van der Waals surface area contributed by atoms with Crippen LogP contribution in [0, 0.1) is 0 Å². The van der Waals surface area contributed by atoms with Gasteiger partial charge in [-0.1, -0.05) is 0 Å². The molecule has 0 unspecified atom stereocenters. The molecule has 0 spiro atoms. The Hall–Kier alpha value is 0.600. The second-order valence-corrected chi connectivity index (χ2v) is 3.01. The summed E-state index contributed by atoms with van der Waals surface area (Å²) in [4.78, 5) is 0. The fourth-order valence-corrected chi connectivity index (χ4v) is 1.54. The number of hydrogen-bond donors (Lipinski definition) is 0. The monoisotopic (exact) mass is 170 g/mol. The SMILES string of the molecule is ClCCOP1OCCO1. The van der Waals surface area contributed by atoms with Crippen molar-refractivity contribution in [1.29, 1.82) is 0 Å². The molecule has 0 N–H and O–H groups in total. The average Bonchev–Trinajstić information content (AvgIpc) is 2.34. The van der Waals surface area contributed by atoms with Gasteiger partial charge in [0.05, 0.1) is 19.8 Å². The molecule has 5 heteroatoms. The molecule has 1 saturated heterocycles. The molecule has 3 nitrogen and oxygen atoms in total. The second-order valence-electron chi connectivity index (χ2n) is 1.41. The Morgan fingerprint density at radius 2 is 2.11 bits per heavy atom. The van der Waals surface area contributed by atoms with Crippen molar-refractivity contribution in [2.24, 2.45) is 0 Å². The zero-order chi connectivity index (χ0) is 6.53. The van der Waals surface area contributed by atoms with Crippen LogP contribution >= 0.6 is 20.2 Å². The standard InChI is InChI=1S/C4H8ClO3P/c5-1-2-6-9-7-3-4-8-9/h1-4H2. The van der Waals surface area contributed by atoms with E-state index in [4.69, 9.17) is 25.2 Å². The fourth-order valence-electron chi connectivity index (χ4n) is 0.444. The molecule has 54 valence electrons. The van der Waals surface area contributed by atoms with E-state index >= 15 is 0 Å². The minimum atomic E-state index is -1.04. The predicted molar refractivity (Wildman–Crippen MR) is 35.5 cm³/mol. The Labute approximate surface area is 60.2 Å². The van der Waals surface area contributed by atoms with E-state index < -0.39 is 8.60 Å². The van der Waals surface area contributed by atoms with Crippen LogP contribution in [0.15, 0.2) is 0 Å². The van der Waals surface area contributed by atoms with Crippen molar-refractivity contribution in [3.63, 3.8) is 0 Å². The molecule has 1 heterocycles. The Kier molecular flexibility index (Phi) is 3.78. The molecule has 0 saturated carbocycles. The first-order valence-corrected chi connectivity index (χ1v) is 4.31. The van der Waals surface area contributed by atoms with Crippen LogP contribution in [0.5, 0.6) is 0 Å². The molecule has 0 aromatic carbocycles. The number of halogens is 1. The molecular weight excluding hydrogens is 162 g/mol. The minimum absolute atomic E-state index is 0.492. The molecule has 9 heavy (non-hydrogen) atoms. The molecule has 0 aromatic rings. The van der Waals surface area contributed by atoms with E-state index in [1.807, 2.05) is 0 Å². The Morgan fingerprint density at radius 1 is 1.44 bits per heavy atom. The summed E-state index contributed by atoms with van der Waals surface area (Å²) < 4.78 is 15.1. The van der Waals surface area contributed by atoms with Crippen LogP contribution in [0.3, 0.4) is 0 Å². The maximum atomic E-state index is 5.35. The lowest BCUT2D eigenvalue weighted by molar-refractivity contribution is 0.261. The van der Waals surface area contributed by atoms with Crippen LogP contribution in [-0.2, 0) is 13.6 Å². The summed E-state index contributed by atoms with van der Waals surface area (Å²) in [6, 6.07) is 0. The fraction of sp³-hybridized carbons (Fsp3) is 1.00. The number of alkyl halides is 1. The predicted octanol–water partition coefficient (Wildman–Crippen LogP) is 1.52. The highest BCUT2D eigenvalue weighted by Crippen LogP contribution is 2.43. The minimum Gasteiger partial charge on any atom is -0.311 e. The van der Waals surface area contributed by atoms with Crippen molar-refractivity contribution in [1.82, 2.24) is 0 Å². The third kappa shape index (κ3) is 2.78. The quantitative estimate of drug-likeness (QED) is 0.475. The van der Waals surface area contributed by atoms with Crippen LogP contribution in [-0.4, -0.2) is 25.7 Å². The molecule has 0 bridgehead atoms. The van der Waals surface area contributed by atoms with Crippen molar-refractivity contribution in [3.8, 4) is 0 Å². The van der Waals surface area contributed by atoms with Gasteiger partial charge in [-0.25, -0.2) is 0 Å². The summed E-state index contributed by atoms with van der Waals surface area (Å²) in [7, 11) is -1.04. The largest absolute Gasteiger partial charge is 0.332 e. The lowest BCUT2D eigenvalue weighted by Crippen LogP contribution is -1.89. The van der Waals surface area contributed by atoms with Crippen molar-refractivity contribution < 1.29 is 13.6 Å². The van der Waals surface area contributed by atoms with Crippen LogP contribution in [0.1, 0.15) is 0 Å². The van der Waals surface area contributed by atoms with E-state index in [2.05, 4.69) is 0 Å². The van der Waals surface area contributed by atoms with Crippen molar-refractivity contribution in [2.75, 3.05) is 25.7 Å². The topological polar surface area (TPSA) is 27.7 Å². The third-order valence-corrected chi connectivity index (χ3v) is 2.09. The van der Waals surface area contributed by atoms with Gasteiger partial charge in [0.15, 0.2) is 0 Å². The normalized spacial score (nSPS) is 21.0. The summed E-state index contributed by atoms with van der Waals surface area (Å²) in [5, 5.41) is 0. The van der Waals surface area contributed by atoms with Gasteiger partial charge in [0.2, 0.25) is 0 Å². The van der Waals surface area contributed by atoms with Crippen LogP contribution in [0.4, 0.5) is 0 Å². The Balaban J connectivity index is 1.98. The molecule has 1 aliphatic rings. The van der Waals surface area contributed by atoms with Gasteiger partial charge in [-0.05, 0) is 0 Å². The third-order valence-electron chi connectivity index (χ3n) is 0.751. The van der Waals surface area contributed by atoms with Gasteiger partial charge in [-0.15, -0.1) is 11.6 Å². The first-order chi connectivity index (χ1) is 4.43. The molecule has 1 aliphatic heterocycles. The average molecular weight is 171 g/mol. The lowest BCUT2D eigenvalue weighted by atomic mass is 10.8. The van der Waals surface area contributed by atoms with Gasteiger partial charge >= 0.3 is 8.60 Å². The summed E-state index contributed by atoms with van der Waals surface area (Å²) in [5.74, 6) is 0.492. The van der Waals surface area contributed by atoms with E-state index in [0.29, 0.717) is 25.7 Å². The highest BCUT2D eigenvalue weighted by molar-refractivity contribution is 7.41. The first-order valence-electron chi connectivity index (χ1n) is 2.68. The van der Waals surface area contributed by atoms with E-state index in [1.165, 1.54) is 0 Å². The molecule has 0 aromatic heterocycles. The van der Waals surface area contributed by atoms with Crippen LogP contribution in [0.2, 0.25) is 0 Å². The molecular formula is C4H8ClO3P. The maximum Gasteiger partial charge on any atom is 0.332 e. The van der Waals surface area contributed by atoms with Crippen molar-refractivity contribution in [2.45, 2.75) is 0 Å². The number of rotatable bonds is 3. The zero-order valence-electron chi connectivity index (χ0n) is 4.88. The van der Waals surface area contributed by atoms with Gasteiger partial charge < -0.3 is 13.6 Å². The highest BCUT2D eigenvalue weighted by Gasteiger charge is 2.17.